The summed E-state index contributed by atoms with van der Waals surface area (Å²) < 4.78 is 11.2. The van der Waals surface area contributed by atoms with E-state index in [4.69, 9.17) is 9.47 Å². The Hall–Kier alpha value is -2.29. The first kappa shape index (κ1) is 19.5. The van der Waals surface area contributed by atoms with Crippen LogP contribution in [0.25, 0.3) is 0 Å². The summed E-state index contributed by atoms with van der Waals surface area (Å²) in [6.45, 7) is 2.88. The predicted molar refractivity (Wildman–Crippen MR) is 109 cm³/mol. The number of esters is 1. The van der Waals surface area contributed by atoms with Crippen molar-refractivity contribution in [1.29, 1.82) is 0 Å². The van der Waals surface area contributed by atoms with Gasteiger partial charge in [0.25, 0.3) is 0 Å². The van der Waals surface area contributed by atoms with Crippen molar-refractivity contribution in [3.05, 3.63) is 59.7 Å². The fourth-order valence-corrected chi connectivity index (χ4v) is 3.64. The van der Waals surface area contributed by atoms with Gasteiger partial charge in [-0.2, -0.15) is 0 Å². The Kier molecular flexibility index (Phi) is 7.32. The smallest absolute Gasteiger partial charge is 0.343 e. The summed E-state index contributed by atoms with van der Waals surface area (Å²) in [6.07, 6.45) is 9.93. The zero-order valence-corrected chi connectivity index (χ0v) is 16.3. The molecule has 0 saturated heterocycles. The first-order valence-electron chi connectivity index (χ1n) is 10.3. The predicted octanol–water partition coefficient (Wildman–Crippen LogP) is 6.52. The minimum Gasteiger partial charge on any atom is -0.494 e. The van der Waals surface area contributed by atoms with Crippen LogP contribution in [-0.2, 0) is 0 Å². The molecule has 0 atom stereocenters. The third-order valence-electron chi connectivity index (χ3n) is 5.27. The van der Waals surface area contributed by atoms with Gasteiger partial charge in [0.15, 0.2) is 0 Å². The van der Waals surface area contributed by atoms with Gasteiger partial charge in [-0.05, 0) is 67.1 Å². The molecule has 1 fully saturated rings. The Balaban J connectivity index is 1.52. The van der Waals surface area contributed by atoms with Crippen molar-refractivity contribution in [3.8, 4) is 11.5 Å². The van der Waals surface area contributed by atoms with Gasteiger partial charge >= 0.3 is 5.97 Å². The average molecular weight is 367 g/mol. The lowest BCUT2D eigenvalue weighted by Gasteiger charge is -2.22. The Bertz CT molecular complexity index is 697. The van der Waals surface area contributed by atoms with Crippen molar-refractivity contribution < 1.29 is 14.3 Å². The number of rotatable bonds is 8. The average Bonchev–Trinajstić information content (AvgIpc) is 2.73. The van der Waals surface area contributed by atoms with E-state index < -0.39 is 0 Å². The van der Waals surface area contributed by atoms with Crippen LogP contribution in [0.4, 0.5) is 0 Å². The molecule has 1 aliphatic carbocycles. The van der Waals surface area contributed by atoms with E-state index >= 15 is 0 Å². The van der Waals surface area contributed by atoms with Gasteiger partial charge in [-0.1, -0.05) is 51.2 Å². The highest BCUT2D eigenvalue weighted by molar-refractivity contribution is 5.91. The molecule has 1 saturated carbocycles. The van der Waals surface area contributed by atoms with Crippen molar-refractivity contribution >= 4 is 5.97 Å². The molecule has 0 heterocycles. The molecule has 3 nitrogen and oxygen atoms in total. The molecule has 0 spiro atoms. The van der Waals surface area contributed by atoms with Crippen molar-refractivity contribution in [2.24, 2.45) is 0 Å². The van der Waals surface area contributed by atoms with Crippen molar-refractivity contribution in [1.82, 2.24) is 0 Å². The highest BCUT2D eigenvalue weighted by atomic mass is 16.5. The van der Waals surface area contributed by atoms with Crippen LogP contribution in [-0.4, -0.2) is 12.6 Å². The van der Waals surface area contributed by atoms with Gasteiger partial charge < -0.3 is 9.47 Å². The molecule has 0 bridgehead atoms. The quantitative estimate of drug-likeness (QED) is 0.303. The SMILES string of the molecule is CCCCCOc1ccc(C(=O)Oc2ccc(C3CCCCC3)cc2)cc1. The molecule has 3 heteroatoms. The zero-order chi connectivity index (χ0) is 18.9. The van der Waals surface area contributed by atoms with Crippen LogP contribution in [0.15, 0.2) is 48.5 Å². The summed E-state index contributed by atoms with van der Waals surface area (Å²) in [5.41, 5.74) is 1.89. The Labute approximate surface area is 162 Å². The lowest BCUT2D eigenvalue weighted by molar-refractivity contribution is 0.0734. The second kappa shape index (κ2) is 10.1. The number of unbranched alkanes of at least 4 members (excludes halogenated alkanes) is 2. The van der Waals surface area contributed by atoms with Gasteiger partial charge in [0.05, 0.1) is 12.2 Å². The van der Waals surface area contributed by atoms with Crippen LogP contribution in [0.1, 0.15) is 80.1 Å². The number of ether oxygens (including phenoxy) is 2. The minimum atomic E-state index is -0.335. The standard InChI is InChI=1S/C24H30O3/c1-2-3-7-18-26-22-14-12-21(13-15-22)24(25)27-23-16-10-20(11-17-23)19-8-5-4-6-9-19/h10-17,19H,2-9,18H2,1H3. The van der Waals surface area contributed by atoms with E-state index in [1.54, 1.807) is 12.1 Å². The van der Waals surface area contributed by atoms with Gasteiger partial charge in [-0.3, -0.25) is 0 Å². The van der Waals surface area contributed by atoms with Gasteiger partial charge in [-0.15, -0.1) is 0 Å². The Morgan fingerprint density at radius 2 is 1.56 bits per heavy atom. The fraction of sp³-hybridized carbons (Fsp3) is 0.458. The molecule has 0 aliphatic heterocycles. The van der Waals surface area contributed by atoms with E-state index in [1.165, 1.54) is 50.5 Å². The fourth-order valence-electron chi connectivity index (χ4n) is 3.64. The molecule has 144 valence electrons. The van der Waals surface area contributed by atoms with Crippen LogP contribution >= 0.6 is 0 Å². The molecule has 2 aromatic rings. The Morgan fingerprint density at radius 1 is 0.889 bits per heavy atom. The summed E-state index contributed by atoms with van der Waals surface area (Å²) in [6, 6.07) is 15.2. The molecule has 27 heavy (non-hydrogen) atoms. The molecule has 0 aromatic heterocycles. The normalized spacial score (nSPS) is 14.7. The lowest BCUT2D eigenvalue weighted by atomic mass is 9.84. The van der Waals surface area contributed by atoms with E-state index in [0.29, 0.717) is 23.8 Å². The lowest BCUT2D eigenvalue weighted by Crippen LogP contribution is -2.09. The second-order valence-corrected chi connectivity index (χ2v) is 7.37. The summed E-state index contributed by atoms with van der Waals surface area (Å²) in [5.74, 6) is 1.71. The van der Waals surface area contributed by atoms with E-state index in [2.05, 4.69) is 19.1 Å². The summed E-state index contributed by atoms with van der Waals surface area (Å²) in [4.78, 5) is 12.3. The maximum atomic E-state index is 12.3. The molecular weight excluding hydrogens is 336 g/mol. The highest BCUT2D eigenvalue weighted by Gasteiger charge is 2.16. The number of hydrogen-bond donors (Lipinski definition) is 0. The van der Waals surface area contributed by atoms with Crippen LogP contribution in [0.5, 0.6) is 11.5 Å². The topological polar surface area (TPSA) is 35.5 Å². The van der Waals surface area contributed by atoms with Crippen LogP contribution < -0.4 is 9.47 Å². The van der Waals surface area contributed by atoms with E-state index in [0.717, 1.165) is 12.2 Å². The van der Waals surface area contributed by atoms with Crippen molar-refractivity contribution in [2.45, 2.75) is 64.2 Å². The molecule has 0 radical (unpaired) electrons. The number of hydrogen-bond acceptors (Lipinski definition) is 3. The van der Waals surface area contributed by atoms with E-state index in [9.17, 15) is 4.79 Å². The Morgan fingerprint density at radius 3 is 2.22 bits per heavy atom. The first-order chi connectivity index (χ1) is 13.3. The monoisotopic (exact) mass is 366 g/mol. The summed E-state index contributed by atoms with van der Waals surface area (Å²) >= 11 is 0. The van der Waals surface area contributed by atoms with Gasteiger partial charge in [-0.25, -0.2) is 4.79 Å². The van der Waals surface area contributed by atoms with Crippen LogP contribution in [0.3, 0.4) is 0 Å². The molecule has 0 N–H and O–H groups in total. The molecule has 2 aromatic carbocycles. The number of benzene rings is 2. The van der Waals surface area contributed by atoms with Gasteiger partial charge in [0.2, 0.25) is 0 Å². The zero-order valence-electron chi connectivity index (χ0n) is 16.3. The maximum Gasteiger partial charge on any atom is 0.343 e. The summed E-state index contributed by atoms with van der Waals surface area (Å²) in [7, 11) is 0. The first-order valence-corrected chi connectivity index (χ1v) is 10.3. The van der Waals surface area contributed by atoms with Crippen molar-refractivity contribution in [2.75, 3.05) is 6.61 Å². The number of carbonyl (C=O) groups excluding carboxylic acids is 1. The van der Waals surface area contributed by atoms with Gasteiger partial charge in [0.1, 0.15) is 11.5 Å². The molecule has 1 aliphatic rings. The molecule has 0 unspecified atom stereocenters. The van der Waals surface area contributed by atoms with Gasteiger partial charge in [0, 0.05) is 0 Å². The van der Waals surface area contributed by atoms with E-state index in [1.807, 2.05) is 24.3 Å². The minimum absolute atomic E-state index is 0.335. The second-order valence-electron chi connectivity index (χ2n) is 7.37. The molecule has 0 amide bonds. The molecule has 3 rings (SSSR count). The molecular formula is C24H30O3. The van der Waals surface area contributed by atoms with Crippen LogP contribution in [0, 0.1) is 0 Å². The maximum absolute atomic E-state index is 12.3. The van der Waals surface area contributed by atoms with Crippen molar-refractivity contribution in [3.63, 3.8) is 0 Å². The number of carbonyl (C=O) groups is 1. The largest absolute Gasteiger partial charge is 0.494 e. The summed E-state index contributed by atoms with van der Waals surface area (Å²) in [5, 5.41) is 0. The third-order valence-corrected chi connectivity index (χ3v) is 5.27. The third kappa shape index (κ3) is 5.85. The van der Waals surface area contributed by atoms with Crippen LogP contribution in [0.2, 0.25) is 0 Å². The highest BCUT2D eigenvalue weighted by Crippen LogP contribution is 2.33. The van der Waals surface area contributed by atoms with E-state index in [-0.39, 0.29) is 5.97 Å².